The molecule has 1 aromatic carbocycles. The van der Waals surface area contributed by atoms with Crippen LogP contribution in [0.4, 0.5) is 0 Å². The number of carboxylic acid groups (broad SMARTS) is 1. The van der Waals surface area contributed by atoms with E-state index in [1.54, 1.807) is 0 Å². The zero-order valence-corrected chi connectivity index (χ0v) is 8.23. The Morgan fingerprint density at radius 2 is 1.93 bits per heavy atom. The first-order valence-corrected chi connectivity index (χ1v) is 4.63. The second-order valence-corrected chi connectivity index (χ2v) is 3.05. The van der Waals surface area contributed by atoms with Gasteiger partial charge in [0.05, 0.1) is 0 Å². The van der Waals surface area contributed by atoms with Crippen LogP contribution >= 0.6 is 0 Å². The fraction of sp³-hybridized carbons (Fsp3) is 0.250. The minimum absolute atomic E-state index is 0.141. The van der Waals surface area contributed by atoms with E-state index < -0.39 is 5.97 Å². The quantitative estimate of drug-likeness (QED) is 0.723. The van der Waals surface area contributed by atoms with E-state index in [-0.39, 0.29) is 13.0 Å². The van der Waals surface area contributed by atoms with Crippen molar-refractivity contribution in [2.24, 2.45) is 0 Å². The van der Waals surface area contributed by atoms with Crippen LogP contribution in [0.15, 0.2) is 24.3 Å². The maximum Gasteiger partial charge on any atom is 0.303 e. The molecule has 0 bridgehead atoms. The maximum absolute atomic E-state index is 10.3. The molecule has 3 nitrogen and oxygen atoms in total. The molecule has 2 N–H and O–H groups in total. The zero-order valence-electron chi connectivity index (χ0n) is 8.23. The van der Waals surface area contributed by atoms with Crippen molar-refractivity contribution in [3.05, 3.63) is 35.4 Å². The van der Waals surface area contributed by atoms with Gasteiger partial charge in [0.2, 0.25) is 0 Å². The minimum Gasteiger partial charge on any atom is -0.481 e. The predicted octanol–water partition coefficient (Wildman–Crippen LogP) is 1.05. The summed E-state index contributed by atoms with van der Waals surface area (Å²) < 4.78 is 0. The Labute approximate surface area is 88.4 Å². The van der Waals surface area contributed by atoms with E-state index in [4.69, 9.17) is 10.2 Å². The van der Waals surface area contributed by atoms with Gasteiger partial charge in [-0.05, 0) is 24.1 Å². The zero-order chi connectivity index (χ0) is 11.1. The van der Waals surface area contributed by atoms with E-state index >= 15 is 0 Å². The molecule has 78 valence electrons. The third-order valence-electron chi connectivity index (χ3n) is 1.89. The number of carbonyl (C=O) groups is 1. The molecule has 0 saturated carbocycles. The average molecular weight is 204 g/mol. The van der Waals surface area contributed by atoms with E-state index in [2.05, 4.69) is 11.8 Å². The second-order valence-electron chi connectivity index (χ2n) is 3.05. The van der Waals surface area contributed by atoms with Gasteiger partial charge in [-0.3, -0.25) is 4.79 Å². The molecule has 3 heteroatoms. The van der Waals surface area contributed by atoms with Crippen molar-refractivity contribution >= 4 is 5.97 Å². The molecular formula is C12H12O3. The lowest BCUT2D eigenvalue weighted by Gasteiger charge is -1.98. The van der Waals surface area contributed by atoms with Crippen molar-refractivity contribution < 1.29 is 15.0 Å². The molecule has 0 amide bonds. The van der Waals surface area contributed by atoms with E-state index in [0.29, 0.717) is 6.42 Å². The van der Waals surface area contributed by atoms with Gasteiger partial charge in [0.1, 0.15) is 6.61 Å². The van der Waals surface area contributed by atoms with Crippen molar-refractivity contribution in [1.29, 1.82) is 0 Å². The molecule has 1 aromatic rings. The summed E-state index contributed by atoms with van der Waals surface area (Å²) in [6.45, 7) is -0.152. The molecule has 0 aliphatic heterocycles. The first kappa shape index (κ1) is 11.3. The summed E-state index contributed by atoms with van der Waals surface area (Å²) in [4.78, 5) is 10.3. The molecule has 0 heterocycles. The van der Waals surface area contributed by atoms with Gasteiger partial charge in [0.25, 0.3) is 0 Å². The van der Waals surface area contributed by atoms with Crippen LogP contribution in [0.2, 0.25) is 0 Å². The lowest BCUT2D eigenvalue weighted by Crippen LogP contribution is -1.97. The number of benzene rings is 1. The van der Waals surface area contributed by atoms with Crippen LogP contribution in [0.25, 0.3) is 0 Å². The number of rotatable bonds is 3. The summed E-state index contributed by atoms with van der Waals surface area (Å²) in [7, 11) is 0. The Morgan fingerprint density at radius 3 is 2.47 bits per heavy atom. The summed E-state index contributed by atoms with van der Waals surface area (Å²) in [6, 6.07) is 7.34. The molecule has 0 aliphatic carbocycles. The third-order valence-corrected chi connectivity index (χ3v) is 1.89. The van der Waals surface area contributed by atoms with Crippen LogP contribution in [-0.4, -0.2) is 22.8 Å². The van der Waals surface area contributed by atoms with Gasteiger partial charge in [-0.1, -0.05) is 24.0 Å². The topological polar surface area (TPSA) is 57.5 Å². The number of carboxylic acids is 1. The van der Waals surface area contributed by atoms with Crippen LogP contribution in [0.5, 0.6) is 0 Å². The summed E-state index contributed by atoms with van der Waals surface area (Å²) in [6.07, 6.45) is 0.671. The van der Waals surface area contributed by atoms with Gasteiger partial charge in [0, 0.05) is 12.0 Å². The summed E-state index contributed by atoms with van der Waals surface area (Å²) in [5.74, 6) is 4.52. The Balaban J connectivity index is 2.60. The van der Waals surface area contributed by atoms with Crippen molar-refractivity contribution in [3.8, 4) is 11.8 Å². The van der Waals surface area contributed by atoms with Crippen LogP contribution < -0.4 is 0 Å². The molecule has 0 unspecified atom stereocenters. The Bertz CT molecular complexity index is 382. The predicted molar refractivity (Wildman–Crippen MR) is 56.4 cm³/mol. The number of hydrogen-bond acceptors (Lipinski definition) is 2. The van der Waals surface area contributed by atoms with Crippen molar-refractivity contribution in [2.45, 2.75) is 12.8 Å². The number of aryl methyl sites for hydroxylation is 1. The molecular weight excluding hydrogens is 192 g/mol. The average Bonchev–Trinajstić information content (AvgIpc) is 2.25. The summed E-state index contributed by atoms with van der Waals surface area (Å²) in [5, 5.41) is 17.0. The first-order chi connectivity index (χ1) is 7.22. The van der Waals surface area contributed by atoms with Gasteiger partial charge in [0.15, 0.2) is 0 Å². The van der Waals surface area contributed by atoms with Crippen molar-refractivity contribution in [3.63, 3.8) is 0 Å². The normalized spacial score (nSPS) is 9.13. The summed E-state index contributed by atoms with van der Waals surface area (Å²) >= 11 is 0. The van der Waals surface area contributed by atoms with Crippen LogP contribution in [-0.2, 0) is 11.2 Å². The van der Waals surface area contributed by atoms with Crippen molar-refractivity contribution in [2.75, 3.05) is 6.61 Å². The number of aliphatic hydroxyl groups excluding tert-OH is 1. The second kappa shape index (κ2) is 5.84. The van der Waals surface area contributed by atoms with Gasteiger partial charge in [-0.2, -0.15) is 0 Å². The van der Waals surface area contributed by atoms with Crippen LogP contribution in [0.3, 0.4) is 0 Å². The Kier molecular flexibility index (Phi) is 4.39. The molecule has 0 spiro atoms. The lowest BCUT2D eigenvalue weighted by atomic mass is 10.1. The monoisotopic (exact) mass is 204 g/mol. The highest BCUT2D eigenvalue weighted by molar-refractivity contribution is 5.67. The lowest BCUT2D eigenvalue weighted by molar-refractivity contribution is -0.136. The number of hydrogen-bond donors (Lipinski definition) is 2. The molecule has 0 aliphatic rings. The maximum atomic E-state index is 10.3. The van der Waals surface area contributed by atoms with E-state index in [1.165, 1.54) is 0 Å². The molecule has 0 atom stereocenters. The highest BCUT2D eigenvalue weighted by Crippen LogP contribution is 2.05. The van der Waals surface area contributed by atoms with Gasteiger partial charge in [-0.15, -0.1) is 0 Å². The number of aliphatic hydroxyl groups is 1. The molecule has 0 radical (unpaired) electrons. The van der Waals surface area contributed by atoms with Crippen LogP contribution in [0.1, 0.15) is 17.5 Å². The standard InChI is InChI=1S/C12H12O3/c13-9-1-2-10-3-5-11(6-4-10)7-8-12(14)15/h3-6,13H,7-9H2,(H,14,15). The smallest absolute Gasteiger partial charge is 0.303 e. The molecule has 1 rings (SSSR count). The Hall–Kier alpha value is -1.79. The van der Waals surface area contributed by atoms with Gasteiger partial charge >= 0.3 is 5.97 Å². The molecule has 0 saturated heterocycles. The first-order valence-electron chi connectivity index (χ1n) is 4.63. The van der Waals surface area contributed by atoms with E-state index in [1.807, 2.05) is 24.3 Å². The molecule has 0 fully saturated rings. The van der Waals surface area contributed by atoms with E-state index in [9.17, 15) is 4.79 Å². The highest BCUT2D eigenvalue weighted by Gasteiger charge is 1.98. The SMILES string of the molecule is O=C(O)CCc1ccc(C#CCO)cc1. The number of aliphatic carboxylic acids is 1. The minimum atomic E-state index is -0.792. The van der Waals surface area contributed by atoms with E-state index in [0.717, 1.165) is 11.1 Å². The molecule has 0 aromatic heterocycles. The Morgan fingerprint density at radius 1 is 1.27 bits per heavy atom. The fourth-order valence-electron chi connectivity index (χ4n) is 1.15. The molecule has 15 heavy (non-hydrogen) atoms. The van der Waals surface area contributed by atoms with Crippen LogP contribution in [0, 0.1) is 11.8 Å². The fourth-order valence-corrected chi connectivity index (χ4v) is 1.15. The summed E-state index contributed by atoms with van der Waals surface area (Å²) in [5.41, 5.74) is 1.80. The largest absolute Gasteiger partial charge is 0.481 e. The highest BCUT2D eigenvalue weighted by atomic mass is 16.4. The van der Waals surface area contributed by atoms with Crippen molar-refractivity contribution in [1.82, 2.24) is 0 Å². The van der Waals surface area contributed by atoms with Gasteiger partial charge < -0.3 is 10.2 Å². The van der Waals surface area contributed by atoms with Gasteiger partial charge in [-0.25, -0.2) is 0 Å². The third kappa shape index (κ3) is 4.30.